The largest absolute Gasteiger partial charge is 0.508 e. The number of hydrogen-bond donors (Lipinski definition) is 2. The molecule has 2 aliphatic rings. The van der Waals surface area contributed by atoms with Gasteiger partial charge in [-0.2, -0.15) is 0 Å². The second-order valence-corrected chi connectivity index (χ2v) is 5.52. The lowest BCUT2D eigenvalue weighted by molar-refractivity contribution is 0.134. The van der Waals surface area contributed by atoms with Gasteiger partial charge in [0.1, 0.15) is 5.75 Å². The molecule has 1 saturated heterocycles. The molecule has 0 aromatic heterocycles. The third-order valence-corrected chi connectivity index (χ3v) is 4.50. The predicted molar refractivity (Wildman–Crippen MR) is 68.9 cm³/mol. The van der Waals surface area contributed by atoms with E-state index in [0.29, 0.717) is 11.8 Å². The van der Waals surface area contributed by atoms with Crippen molar-refractivity contribution in [1.29, 1.82) is 0 Å². The van der Waals surface area contributed by atoms with E-state index in [9.17, 15) is 5.11 Å². The standard InChI is InChI=1S/C15H21NO/c17-13-6-3-5-12(10-13)15-14-7-2-1-4-11(14)8-9-16-15/h3,5-6,10-11,14-17H,1-2,4,7-9H2. The highest BCUT2D eigenvalue weighted by Crippen LogP contribution is 2.42. The molecule has 0 radical (unpaired) electrons. The van der Waals surface area contributed by atoms with Crippen LogP contribution in [0.3, 0.4) is 0 Å². The van der Waals surface area contributed by atoms with Crippen LogP contribution in [0.2, 0.25) is 0 Å². The molecule has 0 amide bonds. The Morgan fingerprint density at radius 1 is 1.12 bits per heavy atom. The van der Waals surface area contributed by atoms with E-state index in [-0.39, 0.29) is 0 Å². The Bertz CT molecular complexity index is 388. The lowest BCUT2D eigenvalue weighted by atomic mass is 9.70. The number of nitrogens with one attached hydrogen (secondary N) is 1. The van der Waals surface area contributed by atoms with Crippen molar-refractivity contribution in [1.82, 2.24) is 5.32 Å². The van der Waals surface area contributed by atoms with Gasteiger partial charge in [-0.15, -0.1) is 0 Å². The topological polar surface area (TPSA) is 32.3 Å². The van der Waals surface area contributed by atoms with E-state index in [0.717, 1.165) is 18.4 Å². The maximum absolute atomic E-state index is 9.61. The summed E-state index contributed by atoms with van der Waals surface area (Å²) >= 11 is 0. The summed E-state index contributed by atoms with van der Waals surface area (Å²) in [6, 6.07) is 8.24. The van der Waals surface area contributed by atoms with E-state index in [4.69, 9.17) is 0 Å². The van der Waals surface area contributed by atoms with Crippen LogP contribution < -0.4 is 5.32 Å². The molecule has 2 heteroatoms. The number of piperidine rings is 1. The van der Waals surface area contributed by atoms with Crippen LogP contribution in [0.15, 0.2) is 24.3 Å². The second kappa shape index (κ2) is 4.69. The molecule has 1 aromatic carbocycles. The molecule has 3 unspecified atom stereocenters. The Balaban J connectivity index is 1.85. The maximum Gasteiger partial charge on any atom is 0.115 e. The van der Waals surface area contributed by atoms with Crippen molar-refractivity contribution < 1.29 is 5.11 Å². The van der Waals surface area contributed by atoms with E-state index in [1.165, 1.54) is 37.7 Å². The van der Waals surface area contributed by atoms with Crippen LogP contribution in [-0.4, -0.2) is 11.7 Å². The van der Waals surface area contributed by atoms with Crippen LogP contribution in [-0.2, 0) is 0 Å². The summed E-state index contributed by atoms with van der Waals surface area (Å²) in [5.74, 6) is 2.07. The number of aromatic hydroxyl groups is 1. The van der Waals surface area contributed by atoms with Crippen LogP contribution in [0.1, 0.15) is 43.7 Å². The zero-order valence-corrected chi connectivity index (χ0v) is 10.2. The van der Waals surface area contributed by atoms with Gasteiger partial charge in [-0.05, 0) is 48.9 Å². The third-order valence-electron chi connectivity index (χ3n) is 4.50. The van der Waals surface area contributed by atoms with E-state index in [1.54, 1.807) is 6.07 Å². The summed E-state index contributed by atoms with van der Waals surface area (Å²) in [6.45, 7) is 1.13. The van der Waals surface area contributed by atoms with Gasteiger partial charge in [-0.1, -0.05) is 31.4 Å². The van der Waals surface area contributed by atoms with Gasteiger partial charge >= 0.3 is 0 Å². The fourth-order valence-corrected chi connectivity index (χ4v) is 3.69. The van der Waals surface area contributed by atoms with Gasteiger partial charge < -0.3 is 10.4 Å². The average molecular weight is 231 g/mol. The van der Waals surface area contributed by atoms with Gasteiger partial charge in [0.15, 0.2) is 0 Å². The smallest absolute Gasteiger partial charge is 0.115 e. The quantitative estimate of drug-likeness (QED) is 0.777. The zero-order valence-electron chi connectivity index (χ0n) is 10.2. The first-order chi connectivity index (χ1) is 8.34. The first-order valence-corrected chi connectivity index (χ1v) is 6.87. The summed E-state index contributed by atoms with van der Waals surface area (Å²) in [4.78, 5) is 0. The van der Waals surface area contributed by atoms with Crippen LogP contribution in [0.5, 0.6) is 5.75 Å². The summed E-state index contributed by atoms with van der Waals surface area (Å²) in [5, 5.41) is 13.3. The molecule has 2 fully saturated rings. The molecule has 0 bridgehead atoms. The van der Waals surface area contributed by atoms with Crippen molar-refractivity contribution in [3.63, 3.8) is 0 Å². The highest BCUT2D eigenvalue weighted by atomic mass is 16.3. The first kappa shape index (κ1) is 11.1. The highest BCUT2D eigenvalue weighted by molar-refractivity contribution is 5.30. The Morgan fingerprint density at radius 2 is 2.00 bits per heavy atom. The number of benzene rings is 1. The van der Waals surface area contributed by atoms with Crippen molar-refractivity contribution in [3.8, 4) is 5.75 Å². The molecule has 92 valence electrons. The monoisotopic (exact) mass is 231 g/mol. The normalized spacial score (nSPS) is 33.1. The van der Waals surface area contributed by atoms with Crippen molar-refractivity contribution in [2.75, 3.05) is 6.54 Å². The molecule has 2 N–H and O–H groups in total. The van der Waals surface area contributed by atoms with E-state index < -0.39 is 0 Å². The molecule has 1 saturated carbocycles. The minimum absolute atomic E-state index is 0.391. The first-order valence-electron chi connectivity index (χ1n) is 6.87. The van der Waals surface area contributed by atoms with E-state index in [1.807, 2.05) is 12.1 Å². The highest BCUT2D eigenvalue weighted by Gasteiger charge is 2.35. The summed E-state index contributed by atoms with van der Waals surface area (Å²) in [7, 11) is 0. The average Bonchev–Trinajstić information content (AvgIpc) is 2.38. The molecule has 17 heavy (non-hydrogen) atoms. The van der Waals surface area contributed by atoms with Gasteiger partial charge in [-0.3, -0.25) is 0 Å². The Morgan fingerprint density at radius 3 is 2.88 bits per heavy atom. The summed E-state index contributed by atoms with van der Waals surface area (Å²) < 4.78 is 0. The number of phenols is 1. The molecule has 1 aliphatic carbocycles. The molecule has 3 rings (SSSR count). The molecule has 3 atom stereocenters. The van der Waals surface area contributed by atoms with Crippen molar-refractivity contribution in [2.45, 2.75) is 38.1 Å². The lowest BCUT2D eigenvalue weighted by Gasteiger charge is -2.42. The lowest BCUT2D eigenvalue weighted by Crippen LogP contribution is -2.41. The minimum Gasteiger partial charge on any atom is -0.508 e. The third kappa shape index (κ3) is 2.19. The summed E-state index contributed by atoms with van der Waals surface area (Å²) in [5.41, 5.74) is 1.27. The second-order valence-electron chi connectivity index (χ2n) is 5.52. The van der Waals surface area contributed by atoms with Crippen LogP contribution >= 0.6 is 0 Å². The van der Waals surface area contributed by atoms with Crippen molar-refractivity contribution in [3.05, 3.63) is 29.8 Å². The van der Waals surface area contributed by atoms with Gasteiger partial charge in [-0.25, -0.2) is 0 Å². The molecule has 1 aliphatic heterocycles. The molecule has 0 spiro atoms. The van der Waals surface area contributed by atoms with Crippen molar-refractivity contribution in [2.24, 2.45) is 11.8 Å². The Labute approximate surface area is 103 Å². The van der Waals surface area contributed by atoms with Gasteiger partial charge in [0, 0.05) is 6.04 Å². The van der Waals surface area contributed by atoms with Gasteiger partial charge in [0.05, 0.1) is 0 Å². The Hall–Kier alpha value is -1.02. The van der Waals surface area contributed by atoms with Crippen LogP contribution in [0.4, 0.5) is 0 Å². The number of phenolic OH excluding ortho intramolecular Hbond substituents is 1. The Kier molecular flexibility index (Phi) is 3.06. The molecular weight excluding hydrogens is 210 g/mol. The maximum atomic E-state index is 9.61. The van der Waals surface area contributed by atoms with Gasteiger partial charge in [0.2, 0.25) is 0 Å². The summed E-state index contributed by atoms with van der Waals surface area (Å²) in [6.07, 6.45) is 6.87. The molecular formula is C15H21NO. The number of rotatable bonds is 1. The number of hydrogen-bond acceptors (Lipinski definition) is 2. The molecule has 1 aromatic rings. The predicted octanol–water partition coefficient (Wildman–Crippen LogP) is 3.23. The van der Waals surface area contributed by atoms with Crippen LogP contribution in [0.25, 0.3) is 0 Å². The zero-order chi connectivity index (χ0) is 11.7. The van der Waals surface area contributed by atoms with Crippen LogP contribution in [0, 0.1) is 11.8 Å². The minimum atomic E-state index is 0.391. The van der Waals surface area contributed by atoms with Gasteiger partial charge in [0.25, 0.3) is 0 Å². The van der Waals surface area contributed by atoms with E-state index >= 15 is 0 Å². The fraction of sp³-hybridized carbons (Fsp3) is 0.600. The molecule has 1 heterocycles. The SMILES string of the molecule is Oc1cccc(C2NCCC3CCCCC32)c1. The van der Waals surface area contributed by atoms with Crippen molar-refractivity contribution >= 4 is 0 Å². The fourth-order valence-electron chi connectivity index (χ4n) is 3.69. The molecule has 2 nitrogen and oxygen atoms in total. The number of fused-ring (bicyclic) bond motifs is 1. The van der Waals surface area contributed by atoms with E-state index in [2.05, 4.69) is 11.4 Å².